The van der Waals surface area contributed by atoms with Crippen molar-refractivity contribution >= 4 is 49.2 Å². The molecule has 0 saturated carbocycles. The maximum absolute atomic E-state index is 14.1. The van der Waals surface area contributed by atoms with Crippen LogP contribution in [0, 0.1) is 0 Å². The Morgan fingerprint density at radius 3 is 2.10 bits per heavy atom. The molecule has 8 nitrogen and oxygen atoms in total. The molecule has 0 unspecified atom stereocenters. The van der Waals surface area contributed by atoms with Gasteiger partial charge in [-0.15, -0.1) is 0 Å². The largest absolute Gasteiger partial charge is 0.350 e. The Morgan fingerprint density at radius 2 is 1.54 bits per heavy atom. The van der Waals surface area contributed by atoms with Crippen LogP contribution < -0.4 is 9.62 Å². The van der Waals surface area contributed by atoms with Crippen molar-refractivity contribution in [3.63, 3.8) is 0 Å². The molecule has 0 heterocycles. The summed E-state index contributed by atoms with van der Waals surface area (Å²) >= 11 is 3.42. The number of ketones is 1. The fraction of sp³-hybridized carbons (Fsp3) is 0.323. The number of halogens is 1. The first kappa shape index (κ1) is 32.0. The average molecular weight is 643 g/mol. The van der Waals surface area contributed by atoms with E-state index in [0.29, 0.717) is 5.56 Å². The maximum Gasteiger partial charge on any atom is 0.244 e. The minimum Gasteiger partial charge on any atom is -0.350 e. The van der Waals surface area contributed by atoms with Crippen molar-refractivity contribution in [2.24, 2.45) is 0 Å². The summed E-state index contributed by atoms with van der Waals surface area (Å²) in [5.74, 6) is -1.14. The van der Waals surface area contributed by atoms with E-state index in [1.807, 2.05) is 75.4 Å². The Labute approximate surface area is 250 Å². The molecule has 3 aromatic rings. The van der Waals surface area contributed by atoms with Gasteiger partial charge in [0.2, 0.25) is 21.8 Å². The van der Waals surface area contributed by atoms with Gasteiger partial charge in [0.1, 0.15) is 12.6 Å². The van der Waals surface area contributed by atoms with Crippen molar-refractivity contribution in [1.82, 2.24) is 10.2 Å². The molecule has 0 aliphatic carbocycles. The second kappa shape index (κ2) is 13.4. The highest BCUT2D eigenvalue weighted by Crippen LogP contribution is 2.22. The van der Waals surface area contributed by atoms with Crippen LogP contribution in [0.3, 0.4) is 0 Å². The van der Waals surface area contributed by atoms with Crippen molar-refractivity contribution in [3.8, 4) is 0 Å². The molecule has 1 atom stereocenters. The highest BCUT2D eigenvalue weighted by atomic mass is 79.9. The van der Waals surface area contributed by atoms with Crippen molar-refractivity contribution in [3.05, 3.63) is 100 Å². The average Bonchev–Trinajstić information content (AvgIpc) is 2.89. The number of carbonyl (C=O) groups is 3. The number of hydrogen-bond acceptors (Lipinski definition) is 5. The fourth-order valence-electron chi connectivity index (χ4n) is 4.29. The third-order valence-electron chi connectivity index (χ3n) is 6.26. The van der Waals surface area contributed by atoms with Crippen LogP contribution in [0.5, 0.6) is 0 Å². The molecule has 0 fully saturated rings. The summed E-state index contributed by atoms with van der Waals surface area (Å²) in [6.07, 6.45) is 1.23. The van der Waals surface area contributed by atoms with Gasteiger partial charge in [0.05, 0.1) is 11.9 Å². The monoisotopic (exact) mass is 641 g/mol. The molecule has 10 heteroatoms. The lowest BCUT2D eigenvalue weighted by molar-refractivity contribution is -0.140. The standard InChI is InChI=1S/C31H36BrN3O5S/c1-22(36)25-12-9-13-27(19-25)35(41(5,39)40)21-29(37)34(20-24-14-16-26(32)17-15-24)28(30(38)33-31(2,3)4)18-23-10-7-6-8-11-23/h6-17,19,28H,18,20-21H2,1-5H3,(H,33,38)/t28-/m1/s1. The summed E-state index contributed by atoms with van der Waals surface area (Å²) in [5, 5.41) is 3.00. The first-order valence-electron chi connectivity index (χ1n) is 13.1. The molecule has 41 heavy (non-hydrogen) atoms. The zero-order valence-electron chi connectivity index (χ0n) is 23.9. The van der Waals surface area contributed by atoms with Gasteiger partial charge in [-0.1, -0.05) is 70.5 Å². The number of nitrogens with zero attached hydrogens (tertiary/aromatic N) is 2. The van der Waals surface area contributed by atoms with Gasteiger partial charge in [-0.25, -0.2) is 8.42 Å². The van der Waals surface area contributed by atoms with Gasteiger partial charge in [-0.2, -0.15) is 0 Å². The summed E-state index contributed by atoms with van der Waals surface area (Å²) in [6, 6.07) is 21.9. The maximum atomic E-state index is 14.1. The van der Waals surface area contributed by atoms with Gasteiger partial charge < -0.3 is 10.2 Å². The quantitative estimate of drug-likeness (QED) is 0.298. The SMILES string of the molecule is CC(=O)c1cccc(N(CC(=O)N(Cc2ccc(Br)cc2)[C@H](Cc2ccccc2)C(=O)NC(C)(C)C)S(C)(=O)=O)c1. The third-order valence-corrected chi connectivity index (χ3v) is 7.92. The summed E-state index contributed by atoms with van der Waals surface area (Å²) in [6.45, 7) is 6.49. The summed E-state index contributed by atoms with van der Waals surface area (Å²) < 4.78 is 27.7. The van der Waals surface area contributed by atoms with Crippen molar-refractivity contribution in [2.45, 2.75) is 52.2 Å². The number of nitrogens with one attached hydrogen (secondary N) is 1. The summed E-state index contributed by atoms with van der Waals surface area (Å²) in [4.78, 5) is 41.3. The number of hydrogen-bond donors (Lipinski definition) is 1. The summed E-state index contributed by atoms with van der Waals surface area (Å²) in [5.41, 5.74) is 1.57. The molecule has 0 saturated heterocycles. The predicted molar refractivity (Wildman–Crippen MR) is 165 cm³/mol. The van der Waals surface area contributed by atoms with Crippen molar-refractivity contribution in [2.75, 3.05) is 17.1 Å². The van der Waals surface area contributed by atoms with Crippen LogP contribution in [0.25, 0.3) is 0 Å². The number of amides is 2. The van der Waals surface area contributed by atoms with Crippen molar-refractivity contribution < 1.29 is 22.8 Å². The van der Waals surface area contributed by atoms with E-state index in [4.69, 9.17) is 0 Å². The molecule has 3 aromatic carbocycles. The number of Topliss-reactive ketones (excluding diaryl/α,β-unsaturated/α-hetero) is 1. The lowest BCUT2D eigenvalue weighted by atomic mass is 10.0. The van der Waals surface area contributed by atoms with Crippen LogP contribution in [0.2, 0.25) is 0 Å². The summed E-state index contributed by atoms with van der Waals surface area (Å²) in [7, 11) is -3.93. The van der Waals surface area contributed by atoms with Crippen LogP contribution in [0.4, 0.5) is 5.69 Å². The normalized spacial score (nSPS) is 12.3. The molecule has 0 aromatic heterocycles. The fourth-order valence-corrected chi connectivity index (χ4v) is 5.39. The molecular formula is C31H36BrN3O5S. The number of carbonyl (C=O) groups excluding carboxylic acids is 3. The molecular weight excluding hydrogens is 606 g/mol. The molecule has 1 N–H and O–H groups in total. The number of anilines is 1. The van der Waals surface area contributed by atoms with Crippen molar-refractivity contribution in [1.29, 1.82) is 0 Å². The second-order valence-corrected chi connectivity index (χ2v) is 13.8. The van der Waals surface area contributed by atoms with Gasteiger partial charge in [0.15, 0.2) is 5.78 Å². The van der Waals surface area contributed by atoms with E-state index in [1.165, 1.54) is 24.0 Å². The first-order chi connectivity index (χ1) is 19.1. The van der Waals surface area contributed by atoms with Gasteiger partial charge in [-0.05, 0) is 63.1 Å². The second-order valence-electron chi connectivity index (χ2n) is 11.0. The Balaban J connectivity index is 2.09. The third kappa shape index (κ3) is 9.54. The first-order valence-corrected chi connectivity index (χ1v) is 15.8. The van der Waals surface area contributed by atoms with Crippen LogP contribution in [0.1, 0.15) is 49.2 Å². The van der Waals surface area contributed by atoms with Crippen LogP contribution in [-0.2, 0) is 32.6 Å². The van der Waals surface area contributed by atoms with E-state index in [-0.39, 0.29) is 30.3 Å². The minimum absolute atomic E-state index is 0.0757. The van der Waals surface area contributed by atoms with E-state index < -0.39 is 34.1 Å². The van der Waals surface area contributed by atoms with Gasteiger partial charge in [0.25, 0.3) is 0 Å². The number of benzene rings is 3. The topological polar surface area (TPSA) is 104 Å². The molecule has 218 valence electrons. The van der Waals surface area contributed by atoms with E-state index >= 15 is 0 Å². The van der Waals surface area contributed by atoms with Crippen LogP contribution >= 0.6 is 15.9 Å². The molecule has 3 rings (SSSR count). The Kier molecular flexibility index (Phi) is 10.5. The van der Waals surface area contributed by atoms with Gasteiger partial charge in [0, 0.05) is 28.5 Å². The Bertz CT molecular complexity index is 1490. The number of sulfonamides is 1. The van der Waals surface area contributed by atoms with E-state index in [2.05, 4.69) is 21.2 Å². The zero-order valence-corrected chi connectivity index (χ0v) is 26.3. The lowest BCUT2D eigenvalue weighted by Crippen LogP contribution is -2.56. The van der Waals surface area contributed by atoms with E-state index in [9.17, 15) is 22.8 Å². The molecule has 0 spiro atoms. The zero-order chi connectivity index (χ0) is 30.4. The van der Waals surface area contributed by atoms with Crippen LogP contribution in [-0.4, -0.2) is 55.3 Å². The molecule has 0 aliphatic rings. The Morgan fingerprint density at radius 1 is 0.902 bits per heavy atom. The van der Waals surface area contributed by atoms with E-state index in [1.54, 1.807) is 12.1 Å². The molecule has 2 amide bonds. The molecule has 0 aliphatic heterocycles. The highest BCUT2D eigenvalue weighted by Gasteiger charge is 2.34. The molecule has 0 bridgehead atoms. The minimum atomic E-state index is -3.93. The predicted octanol–water partition coefficient (Wildman–Crippen LogP) is 4.97. The highest BCUT2D eigenvalue weighted by molar-refractivity contribution is 9.10. The molecule has 0 radical (unpaired) electrons. The smallest absolute Gasteiger partial charge is 0.244 e. The van der Waals surface area contributed by atoms with E-state index in [0.717, 1.165) is 26.2 Å². The van der Waals surface area contributed by atoms with Crippen LogP contribution in [0.15, 0.2) is 83.3 Å². The number of rotatable bonds is 11. The van der Waals surface area contributed by atoms with Gasteiger partial charge in [-0.3, -0.25) is 18.7 Å². The Hall–Kier alpha value is -3.50. The lowest BCUT2D eigenvalue weighted by Gasteiger charge is -2.35. The van der Waals surface area contributed by atoms with Gasteiger partial charge >= 0.3 is 0 Å².